The minimum absolute atomic E-state index is 0.0355. The van der Waals surface area contributed by atoms with Gasteiger partial charge in [-0.2, -0.15) is 0 Å². The Morgan fingerprint density at radius 1 is 1.25 bits per heavy atom. The molecule has 0 spiro atoms. The van der Waals surface area contributed by atoms with Gasteiger partial charge in [0.15, 0.2) is 9.84 Å². The second-order valence-electron chi connectivity index (χ2n) is 5.47. The predicted molar refractivity (Wildman–Crippen MR) is 87.1 cm³/mol. The molecule has 0 bridgehead atoms. The summed E-state index contributed by atoms with van der Waals surface area (Å²) in [5.74, 6) is -0.603. The van der Waals surface area contributed by atoms with Gasteiger partial charge in [0, 0.05) is 12.1 Å². The van der Waals surface area contributed by atoms with E-state index in [2.05, 4.69) is 20.6 Å². The molecule has 1 fully saturated rings. The van der Waals surface area contributed by atoms with E-state index in [1.807, 2.05) is 0 Å². The molecular formula is C15H15FN4O3S. The van der Waals surface area contributed by atoms with Gasteiger partial charge in [-0.05, 0) is 18.6 Å². The zero-order chi connectivity index (χ0) is 17.2. The van der Waals surface area contributed by atoms with Crippen LogP contribution in [-0.2, 0) is 9.84 Å². The van der Waals surface area contributed by atoms with Gasteiger partial charge in [-0.3, -0.25) is 4.79 Å². The van der Waals surface area contributed by atoms with Crippen LogP contribution in [-0.4, -0.2) is 41.8 Å². The third-order valence-corrected chi connectivity index (χ3v) is 5.37. The van der Waals surface area contributed by atoms with Crippen molar-refractivity contribution < 1.29 is 17.6 Å². The molecule has 1 aliphatic rings. The average Bonchev–Trinajstić information content (AvgIpc) is 2.88. The van der Waals surface area contributed by atoms with Gasteiger partial charge in [0.25, 0.3) is 5.91 Å². The topological polar surface area (TPSA) is 101 Å². The number of rotatable bonds is 4. The third kappa shape index (κ3) is 3.85. The summed E-state index contributed by atoms with van der Waals surface area (Å²) in [6.45, 7) is 0. The number of aromatic nitrogens is 2. The van der Waals surface area contributed by atoms with Gasteiger partial charge >= 0.3 is 0 Å². The minimum atomic E-state index is -3.01. The summed E-state index contributed by atoms with van der Waals surface area (Å²) in [5.41, 5.74) is 0.106. The van der Waals surface area contributed by atoms with Gasteiger partial charge < -0.3 is 10.6 Å². The molecule has 2 N–H and O–H groups in total. The van der Waals surface area contributed by atoms with Gasteiger partial charge in [-0.25, -0.2) is 22.8 Å². The van der Waals surface area contributed by atoms with Gasteiger partial charge in [0.1, 0.15) is 23.7 Å². The van der Waals surface area contributed by atoms with E-state index in [4.69, 9.17) is 0 Å². The number of benzene rings is 1. The lowest BCUT2D eigenvalue weighted by molar-refractivity contribution is 0.102. The zero-order valence-electron chi connectivity index (χ0n) is 12.6. The molecule has 1 aliphatic heterocycles. The molecule has 1 atom stereocenters. The van der Waals surface area contributed by atoms with Gasteiger partial charge in [-0.15, -0.1) is 0 Å². The van der Waals surface area contributed by atoms with Crippen LogP contribution in [0.5, 0.6) is 0 Å². The van der Waals surface area contributed by atoms with Crippen molar-refractivity contribution in [1.82, 2.24) is 9.97 Å². The van der Waals surface area contributed by atoms with Crippen LogP contribution in [0.4, 0.5) is 15.9 Å². The van der Waals surface area contributed by atoms with Crippen molar-refractivity contribution in [3.8, 4) is 0 Å². The highest BCUT2D eigenvalue weighted by atomic mass is 32.2. The van der Waals surface area contributed by atoms with Gasteiger partial charge in [-0.1, -0.05) is 12.1 Å². The first-order valence-electron chi connectivity index (χ1n) is 7.28. The molecule has 2 aromatic rings. The molecule has 24 heavy (non-hydrogen) atoms. The van der Waals surface area contributed by atoms with Crippen molar-refractivity contribution in [2.24, 2.45) is 0 Å². The number of halogens is 1. The van der Waals surface area contributed by atoms with E-state index in [0.717, 1.165) is 0 Å². The van der Waals surface area contributed by atoms with E-state index >= 15 is 0 Å². The fourth-order valence-corrected chi connectivity index (χ4v) is 4.10. The molecule has 126 valence electrons. The number of hydrogen-bond acceptors (Lipinski definition) is 6. The molecule has 1 amide bonds. The molecule has 9 heteroatoms. The van der Waals surface area contributed by atoms with E-state index < -0.39 is 21.6 Å². The van der Waals surface area contributed by atoms with Crippen molar-refractivity contribution in [3.63, 3.8) is 0 Å². The first kappa shape index (κ1) is 16.3. The lowest BCUT2D eigenvalue weighted by Crippen LogP contribution is -2.22. The second kappa shape index (κ2) is 6.52. The van der Waals surface area contributed by atoms with Gasteiger partial charge in [0.2, 0.25) is 0 Å². The summed E-state index contributed by atoms with van der Waals surface area (Å²) < 4.78 is 36.5. The molecule has 0 saturated carbocycles. The molecule has 1 aromatic heterocycles. The van der Waals surface area contributed by atoms with Crippen LogP contribution in [0.2, 0.25) is 0 Å². The Kier molecular flexibility index (Phi) is 4.43. The summed E-state index contributed by atoms with van der Waals surface area (Å²) in [6.07, 6.45) is 1.69. The second-order valence-corrected chi connectivity index (χ2v) is 7.70. The van der Waals surface area contributed by atoms with Crippen molar-refractivity contribution in [2.75, 3.05) is 22.1 Å². The number of anilines is 2. The fourth-order valence-electron chi connectivity index (χ4n) is 2.43. The lowest BCUT2D eigenvalue weighted by Gasteiger charge is -2.12. The lowest BCUT2D eigenvalue weighted by atomic mass is 10.2. The highest BCUT2D eigenvalue weighted by Crippen LogP contribution is 2.17. The van der Waals surface area contributed by atoms with Crippen LogP contribution in [0.3, 0.4) is 0 Å². The Labute approximate surface area is 138 Å². The van der Waals surface area contributed by atoms with E-state index in [1.165, 1.54) is 30.6 Å². The largest absolute Gasteiger partial charge is 0.366 e. The number of carbonyl (C=O) groups is 1. The third-order valence-electron chi connectivity index (χ3n) is 3.61. The minimum Gasteiger partial charge on any atom is -0.366 e. The number of sulfone groups is 1. The van der Waals surface area contributed by atoms with Crippen LogP contribution in [0, 0.1) is 5.82 Å². The zero-order valence-corrected chi connectivity index (χ0v) is 13.4. The van der Waals surface area contributed by atoms with Crippen LogP contribution in [0.15, 0.2) is 36.7 Å². The van der Waals surface area contributed by atoms with E-state index in [-0.39, 0.29) is 28.9 Å². The van der Waals surface area contributed by atoms with Crippen molar-refractivity contribution in [2.45, 2.75) is 12.5 Å². The SMILES string of the molecule is O=C(Nc1ccccc1F)c1cc(NC2CCS(=O)(=O)C2)ncn1. The molecule has 7 nitrogen and oxygen atoms in total. The van der Waals surface area contributed by atoms with Crippen molar-refractivity contribution in [3.05, 3.63) is 48.2 Å². The summed E-state index contributed by atoms with van der Waals surface area (Å²) in [6, 6.07) is 6.97. The number of nitrogens with zero attached hydrogens (tertiary/aromatic N) is 2. The van der Waals surface area contributed by atoms with Crippen LogP contribution >= 0.6 is 0 Å². The van der Waals surface area contributed by atoms with Crippen molar-refractivity contribution >= 4 is 27.2 Å². The maximum atomic E-state index is 13.6. The van der Waals surface area contributed by atoms with Crippen LogP contribution in [0.1, 0.15) is 16.9 Å². The van der Waals surface area contributed by atoms with E-state index in [1.54, 1.807) is 6.07 Å². The Hall–Kier alpha value is -2.55. The molecular weight excluding hydrogens is 335 g/mol. The van der Waals surface area contributed by atoms with E-state index in [9.17, 15) is 17.6 Å². The van der Waals surface area contributed by atoms with Crippen LogP contribution in [0.25, 0.3) is 0 Å². The molecule has 3 rings (SSSR count). The Bertz CT molecular complexity index is 873. The normalized spacial score (nSPS) is 19.0. The number of para-hydroxylation sites is 1. The number of hydrogen-bond donors (Lipinski definition) is 2. The molecule has 2 heterocycles. The number of nitrogens with one attached hydrogen (secondary N) is 2. The summed E-state index contributed by atoms with van der Waals surface area (Å²) in [4.78, 5) is 20.0. The monoisotopic (exact) mass is 350 g/mol. The van der Waals surface area contributed by atoms with Crippen LogP contribution < -0.4 is 10.6 Å². The van der Waals surface area contributed by atoms with E-state index in [0.29, 0.717) is 12.2 Å². The Morgan fingerprint density at radius 3 is 2.75 bits per heavy atom. The molecule has 0 aliphatic carbocycles. The summed E-state index contributed by atoms with van der Waals surface area (Å²) in [5, 5.41) is 5.42. The average molecular weight is 350 g/mol. The molecule has 1 unspecified atom stereocenters. The fraction of sp³-hybridized carbons (Fsp3) is 0.267. The number of carbonyl (C=O) groups excluding carboxylic acids is 1. The highest BCUT2D eigenvalue weighted by molar-refractivity contribution is 7.91. The molecule has 0 radical (unpaired) electrons. The number of amides is 1. The maximum absolute atomic E-state index is 13.6. The molecule has 1 saturated heterocycles. The summed E-state index contributed by atoms with van der Waals surface area (Å²) in [7, 11) is -3.01. The molecule has 1 aromatic carbocycles. The highest BCUT2D eigenvalue weighted by Gasteiger charge is 2.28. The summed E-state index contributed by atoms with van der Waals surface area (Å²) >= 11 is 0. The Morgan fingerprint density at radius 2 is 2.04 bits per heavy atom. The standard InChI is InChI=1S/C15H15FN4O3S/c16-11-3-1-2-4-12(11)20-15(21)13-7-14(18-9-17-13)19-10-5-6-24(22,23)8-10/h1-4,7,9-10H,5-6,8H2,(H,20,21)(H,17,18,19). The quantitative estimate of drug-likeness (QED) is 0.866. The first-order chi connectivity index (χ1) is 11.4. The van der Waals surface area contributed by atoms with Crippen molar-refractivity contribution in [1.29, 1.82) is 0 Å². The smallest absolute Gasteiger partial charge is 0.274 e. The Balaban J connectivity index is 1.71. The maximum Gasteiger partial charge on any atom is 0.274 e. The first-order valence-corrected chi connectivity index (χ1v) is 9.10. The predicted octanol–water partition coefficient (Wildman–Crippen LogP) is 1.47. The van der Waals surface area contributed by atoms with Gasteiger partial charge in [0.05, 0.1) is 17.2 Å².